The Morgan fingerprint density at radius 3 is 3.09 bits per heavy atom. The molecule has 1 aliphatic rings. The van der Waals surface area contributed by atoms with Gasteiger partial charge in [-0.1, -0.05) is 11.8 Å². The van der Waals surface area contributed by atoms with Gasteiger partial charge in [0.1, 0.15) is 5.01 Å². The van der Waals surface area contributed by atoms with E-state index in [1.165, 1.54) is 0 Å². The Kier molecular flexibility index (Phi) is 3.43. The molecule has 0 unspecified atom stereocenters. The van der Waals surface area contributed by atoms with Gasteiger partial charge >= 0.3 is 0 Å². The number of tetrazole rings is 1. The molecule has 0 bridgehead atoms. The van der Waals surface area contributed by atoms with Gasteiger partial charge in [-0.25, -0.2) is 4.98 Å². The number of thioether (sulfide) groups is 1. The number of hydrogen-bond acceptors (Lipinski definition) is 8. The monoisotopic (exact) mass is 333 g/mol. The van der Waals surface area contributed by atoms with Crippen LogP contribution < -0.4 is 9.47 Å². The van der Waals surface area contributed by atoms with Gasteiger partial charge in [-0.2, -0.15) is 4.68 Å². The molecule has 9 heteroatoms. The Bertz CT molecular complexity index is 816. The van der Waals surface area contributed by atoms with E-state index in [9.17, 15) is 0 Å². The summed E-state index contributed by atoms with van der Waals surface area (Å²) in [6.07, 6.45) is 0. The van der Waals surface area contributed by atoms with E-state index in [0.29, 0.717) is 10.9 Å². The third kappa shape index (κ3) is 2.53. The molecule has 3 aromatic rings. The number of rotatable bonds is 4. The lowest BCUT2D eigenvalue weighted by Crippen LogP contribution is -1.99. The molecule has 0 aliphatic carbocycles. The van der Waals surface area contributed by atoms with Gasteiger partial charge in [-0.15, -0.1) is 16.4 Å². The lowest BCUT2D eigenvalue weighted by atomic mass is 10.3. The van der Waals surface area contributed by atoms with Crippen molar-refractivity contribution in [2.45, 2.75) is 17.8 Å². The molecule has 1 aliphatic heterocycles. The van der Waals surface area contributed by atoms with Gasteiger partial charge in [-0.3, -0.25) is 0 Å². The highest BCUT2D eigenvalue weighted by Gasteiger charge is 2.16. The molecular formula is C13H11N5O2S2. The Hall–Kier alpha value is -2.13. The SMILES string of the molecule is Cc1csc(CSc2nnnn2-c2ccc3c(c2)OCO3)n1. The van der Waals surface area contributed by atoms with E-state index in [1.54, 1.807) is 27.8 Å². The highest BCUT2D eigenvalue weighted by Crippen LogP contribution is 2.34. The summed E-state index contributed by atoms with van der Waals surface area (Å²) in [4.78, 5) is 4.44. The smallest absolute Gasteiger partial charge is 0.231 e. The van der Waals surface area contributed by atoms with Crippen LogP contribution in [0.4, 0.5) is 0 Å². The predicted octanol–water partition coefficient (Wildman–Crippen LogP) is 2.45. The van der Waals surface area contributed by atoms with Crippen LogP contribution in [0.2, 0.25) is 0 Å². The molecule has 0 saturated carbocycles. The number of aromatic nitrogens is 5. The van der Waals surface area contributed by atoms with Gasteiger partial charge in [-0.05, 0) is 29.5 Å². The summed E-state index contributed by atoms with van der Waals surface area (Å²) >= 11 is 3.19. The number of nitrogens with zero attached hydrogens (tertiary/aromatic N) is 5. The van der Waals surface area contributed by atoms with Crippen molar-refractivity contribution in [3.05, 3.63) is 34.3 Å². The summed E-state index contributed by atoms with van der Waals surface area (Å²) in [5.74, 6) is 2.19. The molecule has 3 heterocycles. The van der Waals surface area contributed by atoms with Crippen LogP contribution in [0.25, 0.3) is 5.69 Å². The van der Waals surface area contributed by atoms with Crippen molar-refractivity contribution in [2.24, 2.45) is 0 Å². The maximum absolute atomic E-state index is 5.39. The van der Waals surface area contributed by atoms with E-state index in [0.717, 1.165) is 27.9 Å². The zero-order valence-corrected chi connectivity index (χ0v) is 13.2. The van der Waals surface area contributed by atoms with E-state index >= 15 is 0 Å². The van der Waals surface area contributed by atoms with Gasteiger partial charge in [0.15, 0.2) is 11.5 Å². The molecule has 4 rings (SSSR count). The Balaban J connectivity index is 1.57. The Labute approximate surface area is 134 Å². The Morgan fingerprint density at radius 2 is 2.23 bits per heavy atom. The van der Waals surface area contributed by atoms with Gasteiger partial charge in [0, 0.05) is 17.1 Å². The molecule has 0 saturated heterocycles. The maximum Gasteiger partial charge on any atom is 0.231 e. The fraction of sp³-hybridized carbons (Fsp3) is 0.231. The molecule has 0 spiro atoms. The number of benzene rings is 1. The Morgan fingerprint density at radius 1 is 1.32 bits per heavy atom. The largest absolute Gasteiger partial charge is 0.454 e. The molecule has 0 atom stereocenters. The van der Waals surface area contributed by atoms with Gasteiger partial charge in [0.05, 0.1) is 11.4 Å². The fourth-order valence-electron chi connectivity index (χ4n) is 2.04. The van der Waals surface area contributed by atoms with E-state index < -0.39 is 0 Å². The summed E-state index contributed by atoms with van der Waals surface area (Å²) < 4.78 is 12.4. The van der Waals surface area contributed by atoms with Crippen molar-refractivity contribution in [3.8, 4) is 17.2 Å². The fourth-order valence-corrected chi connectivity index (χ4v) is 3.72. The summed E-state index contributed by atoms with van der Waals surface area (Å²) in [5, 5.41) is 15.7. The zero-order chi connectivity index (χ0) is 14.9. The van der Waals surface area contributed by atoms with Crippen LogP contribution in [-0.4, -0.2) is 32.0 Å². The molecule has 2 aromatic heterocycles. The molecule has 0 radical (unpaired) electrons. The van der Waals surface area contributed by atoms with E-state index in [-0.39, 0.29) is 6.79 Å². The second-order valence-electron chi connectivity index (χ2n) is 4.58. The van der Waals surface area contributed by atoms with Crippen molar-refractivity contribution in [1.29, 1.82) is 0 Å². The third-order valence-corrected chi connectivity index (χ3v) is 5.11. The molecule has 7 nitrogen and oxygen atoms in total. The van der Waals surface area contributed by atoms with Crippen LogP contribution in [0.5, 0.6) is 11.5 Å². The van der Waals surface area contributed by atoms with Crippen molar-refractivity contribution in [1.82, 2.24) is 25.2 Å². The highest BCUT2D eigenvalue weighted by atomic mass is 32.2. The predicted molar refractivity (Wildman–Crippen MR) is 81.7 cm³/mol. The molecule has 112 valence electrons. The molecule has 1 aromatic carbocycles. The number of hydrogen-bond donors (Lipinski definition) is 0. The minimum absolute atomic E-state index is 0.249. The maximum atomic E-state index is 5.39. The second-order valence-corrected chi connectivity index (χ2v) is 6.47. The van der Waals surface area contributed by atoms with Crippen LogP contribution in [-0.2, 0) is 5.75 Å². The minimum atomic E-state index is 0.249. The lowest BCUT2D eigenvalue weighted by Gasteiger charge is -2.04. The zero-order valence-electron chi connectivity index (χ0n) is 11.6. The molecular weight excluding hydrogens is 322 g/mol. The van der Waals surface area contributed by atoms with Gasteiger partial charge < -0.3 is 9.47 Å². The van der Waals surface area contributed by atoms with Gasteiger partial charge in [0.2, 0.25) is 11.9 Å². The van der Waals surface area contributed by atoms with Crippen molar-refractivity contribution in [2.75, 3.05) is 6.79 Å². The first-order valence-electron chi connectivity index (χ1n) is 6.52. The van der Waals surface area contributed by atoms with E-state index in [2.05, 4.69) is 20.5 Å². The average Bonchev–Trinajstić information content (AvgIpc) is 3.24. The molecule has 22 heavy (non-hydrogen) atoms. The molecule has 0 amide bonds. The topological polar surface area (TPSA) is 75.0 Å². The normalized spacial score (nSPS) is 12.8. The van der Waals surface area contributed by atoms with Crippen molar-refractivity contribution in [3.63, 3.8) is 0 Å². The minimum Gasteiger partial charge on any atom is -0.454 e. The third-order valence-electron chi connectivity index (χ3n) is 3.03. The first-order valence-corrected chi connectivity index (χ1v) is 8.38. The number of aryl methyl sites for hydroxylation is 1. The standard InChI is InChI=1S/C13H11N5O2S2/c1-8-5-21-12(14-8)6-22-13-15-16-17-18(13)9-2-3-10-11(4-9)20-7-19-10/h2-5H,6-7H2,1H3. The van der Waals surface area contributed by atoms with Gasteiger partial charge in [0.25, 0.3) is 0 Å². The van der Waals surface area contributed by atoms with E-state index in [1.807, 2.05) is 30.5 Å². The molecule has 0 N–H and O–H groups in total. The summed E-state index contributed by atoms with van der Waals surface area (Å²) in [7, 11) is 0. The summed E-state index contributed by atoms with van der Waals surface area (Å²) in [6, 6.07) is 5.63. The summed E-state index contributed by atoms with van der Waals surface area (Å²) in [5.41, 5.74) is 1.88. The second kappa shape index (κ2) is 5.58. The highest BCUT2D eigenvalue weighted by molar-refractivity contribution is 7.98. The summed E-state index contributed by atoms with van der Waals surface area (Å²) in [6.45, 7) is 2.24. The molecule has 0 fully saturated rings. The number of ether oxygens (including phenoxy) is 2. The number of thiazole rings is 1. The quantitative estimate of drug-likeness (QED) is 0.679. The first kappa shape index (κ1) is 13.5. The lowest BCUT2D eigenvalue weighted by molar-refractivity contribution is 0.174. The number of fused-ring (bicyclic) bond motifs is 1. The average molecular weight is 333 g/mol. The van der Waals surface area contributed by atoms with Crippen LogP contribution in [0.3, 0.4) is 0 Å². The van der Waals surface area contributed by atoms with E-state index in [4.69, 9.17) is 9.47 Å². The van der Waals surface area contributed by atoms with Crippen LogP contribution in [0, 0.1) is 6.92 Å². The van der Waals surface area contributed by atoms with Crippen molar-refractivity contribution >= 4 is 23.1 Å². The first-order chi connectivity index (χ1) is 10.8. The van der Waals surface area contributed by atoms with Crippen molar-refractivity contribution < 1.29 is 9.47 Å². The van der Waals surface area contributed by atoms with Crippen LogP contribution in [0.15, 0.2) is 28.7 Å². The van der Waals surface area contributed by atoms with Crippen LogP contribution in [0.1, 0.15) is 10.7 Å². The van der Waals surface area contributed by atoms with Crippen LogP contribution >= 0.6 is 23.1 Å².